The average Bonchev–Trinajstić information content (AvgIpc) is 3.01. The number of hydrogen-bond acceptors (Lipinski definition) is 4. The molecule has 0 bridgehead atoms. The maximum Gasteiger partial charge on any atom is 0.236 e. The smallest absolute Gasteiger partial charge is 0.236 e. The minimum absolute atomic E-state index is 0.222. The van der Waals surface area contributed by atoms with Crippen LogP contribution >= 0.6 is 11.3 Å². The van der Waals surface area contributed by atoms with Gasteiger partial charge in [0.15, 0.2) is 0 Å². The van der Waals surface area contributed by atoms with E-state index in [1.807, 2.05) is 6.07 Å². The average molecular weight is 290 g/mol. The first-order chi connectivity index (χ1) is 9.61. The number of nitrogens with one attached hydrogen (secondary N) is 1. The Morgan fingerprint density at radius 1 is 1.35 bits per heavy atom. The molecule has 0 aliphatic rings. The zero-order chi connectivity index (χ0) is 14.1. The lowest BCUT2D eigenvalue weighted by Crippen LogP contribution is -2.21. The van der Waals surface area contributed by atoms with Gasteiger partial charge in [0.05, 0.1) is 10.6 Å². The van der Waals surface area contributed by atoms with Gasteiger partial charge in [-0.1, -0.05) is 19.9 Å². The molecule has 3 aromatic rings. The Labute approximate surface area is 120 Å². The van der Waals surface area contributed by atoms with Crippen molar-refractivity contribution in [3.8, 4) is 10.8 Å². The van der Waals surface area contributed by atoms with E-state index >= 15 is 0 Å². The van der Waals surface area contributed by atoms with Crippen LogP contribution in [0.4, 0.5) is 4.39 Å². The van der Waals surface area contributed by atoms with E-state index < -0.39 is 0 Å². The van der Waals surface area contributed by atoms with E-state index in [1.165, 1.54) is 23.5 Å². The van der Waals surface area contributed by atoms with Gasteiger partial charge in [-0.15, -0.1) is 11.3 Å². The van der Waals surface area contributed by atoms with Crippen LogP contribution in [-0.2, 0) is 6.54 Å². The minimum Gasteiger partial charge on any atom is -0.444 e. The first kappa shape index (κ1) is 13.3. The van der Waals surface area contributed by atoms with E-state index in [0.717, 1.165) is 20.7 Å². The molecule has 0 aliphatic heterocycles. The molecule has 1 aromatic carbocycles. The molecular formula is C15H15FN2OS. The van der Waals surface area contributed by atoms with Crippen molar-refractivity contribution in [2.75, 3.05) is 0 Å². The van der Waals surface area contributed by atoms with E-state index in [-0.39, 0.29) is 5.82 Å². The maximum atomic E-state index is 13.2. The van der Waals surface area contributed by atoms with Crippen LogP contribution in [0.2, 0.25) is 0 Å². The van der Waals surface area contributed by atoms with Crippen LogP contribution in [-0.4, -0.2) is 11.0 Å². The predicted octanol–water partition coefficient (Wildman–Crippen LogP) is 4.19. The topological polar surface area (TPSA) is 38.1 Å². The van der Waals surface area contributed by atoms with Crippen LogP contribution in [0.1, 0.15) is 19.5 Å². The predicted molar refractivity (Wildman–Crippen MR) is 79.3 cm³/mol. The summed E-state index contributed by atoms with van der Waals surface area (Å²) >= 11 is 1.49. The molecular weight excluding hydrogens is 275 g/mol. The Hall–Kier alpha value is -1.72. The van der Waals surface area contributed by atoms with E-state index in [0.29, 0.717) is 18.5 Å². The molecule has 0 saturated heterocycles. The Morgan fingerprint density at radius 3 is 3.00 bits per heavy atom. The molecule has 0 saturated carbocycles. The summed E-state index contributed by atoms with van der Waals surface area (Å²) in [5, 5.41) is 4.30. The highest BCUT2D eigenvalue weighted by molar-refractivity contribution is 7.22. The molecule has 2 aromatic heterocycles. The standard InChI is InChI=1S/C15H15FN2OS/c1-9(2)17-7-12-8-19-15(18-12)14-5-10-3-4-11(16)6-13(10)20-14/h3-6,8-9,17H,7H2,1-2H3. The van der Waals surface area contributed by atoms with Crippen LogP contribution in [0.25, 0.3) is 20.9 Å². The fraction of sp³-hybridized carbons (Fsp3) is 0.267. The minimum atomic E-state index is -0.222. The molecule has 0 radical (unpaired) electrons. The summed E-state index contributed by atoms with van der Waals surface area (Å²) in [5.74, 6) is 0.368. The van der Waals surface area contributed by atoms with E-state index in [9.17, 15) is 4.39 Å². The van der Waals surface area contributed by atoms with Crippen molar-refractivity contribution in [2.45, 2.75) is 26.4 Å². The normalized spacial score (nSPS) is 11.6. The molecule has 104 valence electrons. The van der Waals surface area contributed by atoms with Gasteiger partial charge in [0.1, 0.15) is 12.1 Å². The van der Waals surface area contributed by atoms with Gasteiger partial charge in [-0.3, -0.25) is 0 Å². The second kappa shape index (κ2) is 5.34. The zero-order valence-electron chi connectivity index (χ0n) is 11.3. The van der Waals surface area contributed by atoms with Crippen molar-refractivity contribution in [1.29, 1.82) is 0 Å². The van der Waals surface area contributed by atoms with Crippen LogP contribution < -0.4 is 5.32 Å². The Bertz CT molecular complexity index is 732. The molecule has 0 aliphatic carbocycles. The number of aromatic nitrogens is 1. The summed E-state index contributed by atoms with van der Waals surface area (Å²) in [6.07, 6.45) is 1.66. The third kappa shape index (κ3) is 2.73. The van der Waals surface area contributed by atoms with Crippen molar-refractivity contribution >= 4 is 21.4 Å². The fourth-order valence-electron chi connectivity index (χ4n) is 1.92. The van der Waals surface area contributed by atoms with Gasteiger partial charge in [0.2, 0.25) is 5.89 Å². The quantitative estimate of drug-likeness (QED) is 0.783. The van der Waals surface area contributed by atoms with Crippen molar-refractivity contribution in [1.82, 2.24) is 10.3 Å². The van der Waals surface area contributed by atoms with Crippen LogP contribution in [0, 0.1) is 5.82 Å². The highest BCUT2D eigenvalue weighted by atomic mass is 32.1. The monoisotopic (exact) mass is 290 g/mol. The molecule has 3 rings (SSSR count). The number of benzene rings is 1. The highest BCUT2D eigenvalue weighted by Gasteiger charge is 2.11. The maximum absolute atomic E-state index is 13.2. The van der Waals surface area contributed by atoms with Crippen molar-refractivity contribution < 1.29 is 8.81 Å². The SMILES string of the molecule is CC(C)NCc1coc(-c2cc3ccc(F)cc3s2)n1. The molecule has 3 nitrogen and oxygen atoms in total. The van der Waals surface area contributed by atoms with Crippen molar-refractivity contribution in [2.24, 2.45) is 0 Å². The summed E-state index contributed by atoms with van der Waals surface area (Å²) < 4.78 is 19.6. The van der Waals surface area contributed by atoms with Crippen molar-refractivity contribution in [3.63, 3.8) is 0 Å². The second-order valence-corrected chi connectivity index (χ2v) is 6.06. The Morgan fingerprint density at radius 2 is 2.20 bits per heavy atom. The summed E-state index contributed by atoms with van der Waals surface area (Å²) in [7, 11) is 0. The van der Waals surface area contributed by atoms with Crippen LogP contribution in [0.15, 0.2) is 34.9 Å². The highest BCUT2D eigenvalue weighted by Crippen LogP contribution is 2.33. The van der Waals surface area contributed by atoms with E-state index in [2.05, 4.69) is 24.1 Å². The van der Waals surface area contributed by atoms with E-state index in [4.69, 9.17) is 4.42 Å². The van der Waals surface area contributed by atoms with Crippen LogP contribution in [0.5, 0.6) is 0 Å². The summed E-state index contributed by atoms with van der Waals surface area (Å²) in [4.78, 5) is 5.38. The number of oxazole rings is 1. The molecule has 5 heteroatoms. The van der Waals surface area contributed by atoms with Gasteiger partial charge in [0.25, 0.3) is 0 Å². The third-order valence-corrected chi connectivity index (χ3v) is 4.02. The molecule has 2 heterocycles. The molecule has 0 spiro atoms. The number of nitrogens with zero attached hydrogens (tertiary/aromatic N) is 1. The number of halogens is 1. The fourth-order valence-corrected chi connectivity index (χ4v) is 2.94. The van der Waals surface area contributed by atoms with Gasteiger partial charge in [-0.2, -0.15) is 0 Å². The van der Waals surface area contributed by atoms with Crippen LogP contribution in [0.3, 0.4) is 0 Å². The van der Waals surface area contributed by atoms with Gasteiger partial charge >= 0.3 is 0 Å². The second-order valence-electron chi connectivity index (χ2n) is 4.97. The molecule has 0 amide bonds. The largest absolute Gasteiger partial charge is 0.444 e. The lowest BCUT2D eigenvalue weighted by molar-refractivity contribution is 0.561. The lowest BCUT2D eigenvalue weighted by Gasteiger charge is -2.03. The van der Waals surface area contributed by atoms with Gasteiger partial charge < -0.3 is 9.73 Å². The Kier molecular flexibility index (Phi) is 3.54. The van der Waals surface area contributed by atoms with E-state index in [1.54, 1.807) is 12.3 Å². The molecule has 0 atom stereocenters. The summed E-state index contributed by atoms with van der Waals surface area (Å²) in [6, 6.07) is 7.15. The van der Waals surface area contributed by atoms with Crippen molar-refractivity contribution in [3.05, 3.63) is 42.0 Å². The first-order valence-electron chi connectivity index (χ1n) is 6.49. The molecule has 1 N–H and O–H groups in total. The Balaban J connectivity index is 1.87. The van der Waals surface area contributed by atoms with Gasteiger partial charge in [-0.05, 0) is 23.6 Å². The number of hydrogen-bond donors (Lipinski definition) is 1. The molecule has 0 unspecified atom stereocenters. The number of thiophene rings is 1. The summed E-state index contributed by atoms with van der Waals surface area (Å²) in [5.41, 5.74) is 0.873. The summed E-state index contributed by atoms with van der Waals surface area (Å²) in [6.45, 7) is 4.85. The van der Waals surface area contributed by atoms with Gasteiger partial charge in [-0.25, -0.2) is 9.37 Å². The number of rotatable bonds is 4. The lowest BCUT2D eigenvalue weighted by atomic mass is 10.2. The first-order valence-corrected chi connectivity index (χ1v) is 7.31. The van der Waals surface area contributed by atoms with Gasteiger partial charge in [0, 0.05) is 17.3 Å². The number of fused-ring (bicyclic) bond motifs is 1. The molecule has 0 fully saturated rings. The third-order valence-electron chi connectivity index (χ3n) is 2.94. The molecule has 20 heavy (non-hydrogen) atoms. The zero-order valence-corrected chi connectivity index (χ0v) is 12.1.